The summed E-state index contributed by atoms with van der Waals surface area (Å²) in [4.78, 5) is 0. The summed E-state index contributed by atoms with van der Waals surface area (Å²) in [6.07, 6.45) is -11.3. The van der Waals surface area contributed by atoms with Crippen molar-refractivity contribution in [1.29, 1.82) is 0 Å². The summed E-state index contributed by atoms with van der Waals surface area (Å²) < 4.78 is 134. The molecule has 1 nitrogen and oxygen atoms in total. The van der Waals surface area contributed by atoms with Gasteiger partial charge in [0.25, 0.3) is 0 Å². The van der Waals surface area contributed by atoms with Crippen molar-refractivity contribution in [3.05, 3.63) is 88.5 Å². The van der Waals surface area contributed by atoms with Crippen LogP contribution in [0.2, 0.25) is 0 Å². The van der Waals surface area contributed by atoms with E-state index in [-0.39, 0.29) is 28.2 Å². The summed E-state index contributed by atoms with van der Waals surface area (Å²) in [6, 6.07) is 8.40. The van der Waals surface area contributed by atoms with E-state index in [0.29, 0.717) is 18.1 Å². The molecular weight excluding hydrogens is 571 g/mol. The van der Waals surface area contributed by atoms with Crippen molar-refractivity contribution in [2.75, 3.05) is 0 Å². The fourth-order valence-electron chi connectivity index (χ4n) is 5.99. The molecule has 0 amide bonds. The highest BCUT2D eigenvalue weighted by Gasteiger charge is 2.48. The van der Waals surface area contributed by atoms with E-state index in [1.165, 1.54) is 18.2 Å². The molecule has 4 atom stereocenters. The lowest BCUT2D eigenvalue weighted by Gasteiger charge is -2.31. The van der Waals surface area contributed by atoms with Crippen molar-refractivity contribution >= 4 is 5.57 Å². The quantitative estimate of drug-likeness (QED) is 0.300. The Balaban J connectivity index is 1.36. The summed E-state index contributed by atoms with van der Waals surface area (Å²) in [7, 11) is 0. The van der Waals surface area contributed by atoms with Crippen LogP contribution in [0.4, 0.5) is 39.5 Å². The first-order chi connectivity index (χ1) is 19.8. The maximum Gasteiger partial charge on any atom is 0.385 e. The first-order valence-corrected chi connectivity index (χ1v) is 13.9. The van der Waals surface area contributed by atoms with Gasteiger partial charge in [0.1, 0.15) is 35.6 Å². The van der Waals surface area contributed by atoms with E-state index in [1.54, 1.807) is 6.07 Å². The Hall–Kier alpha value is -3.01. The van der Waals surface area contributed by atoms with Crippen molar-refractivity contribution in [2.45, 2.75) is 82.1 Å². The molecule has 5 rings (SSSR count). The van der Waals surface area contributed by atoms with Crippen LogP contribution in [0, 0.1) is 17.6 Å². The topological polar surface area (TPSA) is 9.23 Å². The Morgan fingerprint density at radius 2 is 1.50 bits per heavy atom. The molecule has 0 heterocycles. The standard InChI is InChI=1S/C32H29F9O/c1-16-2-4-17(5-3-16)18-6-8-22(24(33)10-18)19-7-9-23(25(34)11-19)20-12-26(35)30(27(36)13-20)32(40,41)42-21-14-28(37)31(39)29(38)15-21/h6-12,14,16-17,21,27,29,31H,2-5,13,15H2,1H3/t16?,17?,21?,27?,29-,31?/m0/s1. The highest BCUT2D eigenvalue weighted by atomic mass is 19.3. The summed E-state index contributed by atoms with van der Waals surface area (Å²) in [5, 5.41) is 0. The van der Waals surface area contributed by atoms with E-state index >= 15 is 8.78 Å². The first-order valence-electron chi connectivity index (χ1n) is 13.9. The molecule has 1 saturated carbocycles. The molecule has 0 saturated heterocycles. The first kappa shape index (κ1) is 30.4. The van der Waals surface area contributed by atoms with Crippen LogP contribution in [0.3, 0.4) is 0 Å². The minimum Gasteiger partial charge on any atom is -0.309 e. The molecule has 226 valence electrons. The van der Waals surface area contributed by atoms with Crippen LogP contribution in [0.25, 0.3) is 16.7 Å². The lowest BCUT2D eigenvalue weighted by atomic mass is 9.79. The molecule has 0 N–H and O–H groups in total. The Labute approximate surface area is 237 Å². The van der Waals surface area contributed by atoms with Gasteiger partial charge in [-0.3, -0.25) is 0 Å². The van der Waals surface area contributed by atoms with E-state index in [0.717, 1.165) is 37.3 Å². The fraction of sp³-hybridized carbons (Fsp3) is 0.438. The lowest BCUT2D eigenvalue weighted by molar-refractivity contribution is -0.236. The zero-order valence-electron chi connectivity index (χ0n) is 22.6. The molecule has 0 spiro atoms. The minimum absolute atomic E-state index is 0.141. The average molecular weight is 601 g/mol. The third-order valence-corrected chi connectivity index (χ3v) is 8.37. The Morgan fingerprint density at radius 3 is 2.12 bits per heavy atom. The normalized spacial score (nSPS) is 28.9. The SMILES string of the molecule is CC1CCC(c2ccc(-c3ccc(C4=CC(F)=C(C(F)(F)OC5C=C(F)C(F)[C@@H](F)C5)C(F)C4)c(F)c3)c(F)c2)CC1. The maximum atomic E-state index is 15.2. The van der Waals surface area contributed by atoms with Crippen molar-refractivity contribution in [3.8, 4) is 11.1 Å². The average Bonchev–Trinajstić information content (AvgIpc) is 2.91. The van der Waals surface area contributed by atoms with Gasteiger partial charge in [-0.2, -0.15) is 8.78 Å². The number of benzene rings is 2. The van der Waals surface area contributed by atoms with Crippen LogP contribution >= 0.6 is 0 Å². The summed E-state index contributed by atoms with van der Waals surface area (Å²) in [5.74, 6) is -3.97. The second kappa shape index (κ2) is 11.9. The molecule has 42 heavy (non-hydrogen) atoms. The smallest absolute Gasteiger partial charge is 0.309 e. The number of hydrogen-bond donors (Lipinski definition) is 0. The minimum atomic E-state index is -4.63. The number of ether oxygens (including phenoxy) is 1. The third-order valence-electron chi connectivity index (χ3n) is 8.37. The van der Waals surface area contributed by atoms with Gasteiger partial charge >= 0.3 is 6.11 Å². The molecule has 3 unspecified atom stereocenters. The molecule has 0 aliphatic heterocycles. The third kappa shape index (κ3) is 6.19. The predicted octanol–water partition coefficient (Wildman–Crippen LogP) is 10.2. The van der Waals surface area contributed by atoms with E-state index in [2.05, 4.69) is 11.7 Å². The predicted molar refractivity (Wildman–Crippen MR) is 141 cm³/mol. The van der Waals surface area contributed by atoms with Gasteiger partial charge in [0.2, 0.25) is 0 Å². The number of alkyl halides is 5. The second-order valence-corrected chi connectivity index (χ2v) is 11.4. The molecule has 1 fully saturated rings. The Morgan fingerprint density at radius 1 is 0.833 bits per heavy atom. The molecule has 10 heteroatoms. The summed E-state index contributed by atoms with van der Waals surface area (Å²) >= 11 is 0. The molecule has 0 radical (unpaired) electrons. The van der Waals surface area contributed by atoms with E-state index in [1.807, 2.05) is 6.07 Å². The number of allylic oxidation sites excluding steroid dienone is 4. The van der Waals surface area contributed by atoms with Crippen LogP contribution in [0.5, 0.6) is 0 Å². The van der Waals surface area contributed by atoms with Crippen molar-refractivity contribution in [3.63, 3.8) is 0 Å². The molecule has 2 aromatic rings. The van der Waals surface area contributed by atoms with Gasteiger partial charge in [-0.1, -0.05) is 44.0 Å². The van der Waals surface area contributed by atoms with Crippen LogP contribution in [-0.2, 0) is 4.74 Å². The number of halogens is 9. The maximum absolute atomic E-state index is 15.2. The van der Waals surface area contributed by atoms with E-state index < -0.39 is 72.4 Å². The van der Waals surface area contributed by atoms with Crippen LogP contribution in [0.1, 0.15) is 62.5 Å². The zero-order chi connectivity index (χ0) is 30.3. The number of hydrogen-bond acceptors (Lipinski definition) is 1. The van der Waals surface area contributed by atoms with E-state index in [4.69, 9.17) is 0 Å². The van der Waals surface area contributed by atoms with Crippen LogP contribution in [0.15, 0.2) is 65.8 Å². The Bertz CT molecular complexity index is 1420. The molecule has 0 bridgehead atoms. The highest BCUT2D eigenvalue weighted by molar-refractivity contribution is 5.74. The lowest BCUT2D eigenvalue weighted by Crippen LogP contribution is -2.38. The molecule has 3 aliphatic carbocycles. The van der Waals surface area contributed by atoms with Crippen LogP contribution < -0.4 is 0 Å². The molecular formula is C32H29F9O. The van der Waals surface area contributed by atoms with Crippen LogP contribution in [-0.4, -0.2) is 30.7 Å². The van der Waals surface area contributed by atoms with Gasteiger partial charge in [-0.05, 0) is 65.7 Å². The molecule has 0 aromatic heterocycles. The van der Waals surface area contributed by atoms with Gasteiger partial charge in [0.15, 0.2) is 6.17 Å². The van der Waals surface area contributed by atoms with Crippen molar-refractivity contribution < 1.29 is 44.3 Å². The van der Waals surface area contributed by atoms with Gasteiger partial charge < -0.3 is 4.74 Å². The van der Waals surface area contributed by atoms with Gasteiger partial charge in [0.05, 0.1) is 11.7 Å². The van der Waals surface area contributed by atoms with Crippen molar-refractivity contribution in [1.82, 2.24) is 0 Å². The number of rotatable bonds is 6. The van der Waals surface area contributed by atoms with E-state index in [9.17, 15) is 30.7 Å². The molecule has 2 aromatic carbocycles. The largest absolute Gasteiger partial charge is 0.385 e. The highest BCUT2D eigenvalue weighted by Crippen LogP contribution is 2.44. The second-order valence-electron chi connectivity index (χ2n) is 11.4. The van der Waals surface area contributed by atoms with Gasteiger partial charge in [-0.15, -0.1) is 0 Å². The van der Waals surface area contributed by atoms with Gasteiger partial charge in [-0.25, -0.2) is 30.7 Å². The fourth-order valence-corrected chi connectivity index (χ4v) is 5.99. The Kier molecular flexibility index (Phi) is 8.65. The monoisotopic (exact) mass is 600 g/mol. The summed E-state index contributed by atoms with van der Waals surface area (Å²) in [5.41, 5.74) is -1.04. The van der Waals surface area contributed by atoms with Crippen molar-refractivity contribution in [2.24, 2.45) is 5.92 Å². The van der Waals surface area contributed by atoms with Gasteiger partial charge in [0, 0.05) is 24.0 Å². The zero-order valence-corrected chi connectivity index (χ0v) is 22.6. The summed E-state index contributed by atoms with van der Waals surface area (Å²) in [6.45, 7) is 2.19. The molecule has 3 aliphatic rings.